The van der Waals surface area contributed by atoms with Crippen LogP contribution in [0.4, 0.5) is 0 Å². The molecule has 0 aliphatic rings. The van der Waals surface area contributed by atoms with Crippen LogP contribution in [-0.2, 0) is 0 Å². The summed E-state index contributed by atoms with van der Waals surface area (Å²) < 4.78 is 5.76. The summed E-state index contributed by atoms with van der Waals surface area (Å²) >= 11 is 6.03. The molecule has 0 saturated carbocycles. The monoisotopic (exact) mass is 276 g/mol. The molecule has 3 nitrogen and oxygen atoms in total. The summed E-state index contributed by atoms with van der Waals surface area (Å²) in [6.45, 7) is 4.16. The van der Waals surface area contributed by atoms with Gasteiger partial charge in [0.05, 0.1) is 6.10 Å². The Labute approximate surface area is 118 Å². The van der Waals surface area contributed by atoms with E-state index in [0.717, 1.165) is 18.4 Å². The van der Waals surface area contributed by atoms with Gasteiger partial charge in [-0.15, -0.1) is 0 Å². The topological polar surface area (TPSA) is 35.0 Å². The van der Waals surface area contributed by atoms with Crippen molar-refractivity contribution in [3.05, 3.63) is 41.6 Å². The minimum absolute atomic E-state index is 0.125. The van der Waals surface area contributed by atoms with Gasteiger partial charge < -0.3 is 4.74 Å². The Morgan fingerprint density at radius 3 is 2.63 bits per heavy atom. The van der Waals surface area contributed by atoms with Crippen molar-refractivity contribution in [1.29, 1.82) is 0 Å². The van der Waals surface area contributed by atoms with E-state index < -0.39 is 0 Å². The molecule has 2 rings (SSSR count). The molecular formula is C15H17ClN2O. The Hall–Kier alpha value is -1.61. The van der Waals surface area contributed by atoms with Gasteiger partial charge in [0.2, 0.25) is 5.88 Å². The van der Waals surface area contributed by atoms with E-state index in [4.69, 9.17) is 16.3 Å². The van der Waals surface area contributed by atoms with Gasteiger partial charge in [-0.1, -0.05) is 55.3 Å². The third kappa shape index (κ3) is 3.93. The third-order valence-electron chi connectivity index (χ3n) is 2.72. The van der Waals surface area contributed by atoms with Crippen LogP contribution in [0.5, 0.6) is 5.88 Å². The Balaban J connectivity index is 2.25. The highest BCUT2D eigenvalue weighted by atomic mass is 35.5. The molecule has 4 heteroatoms. The van der Waals surface area contributed by atoms with Gasteiger partial charge >= 0.3 is 0 Å². The smallest absolute Gasteiger partial charge is 0.218 e. The zero-order valence-electron chi connectivity index (χ0n) is 11.1. The predicted molar refractivity (Wildman–Crippen MR) is 77.5 cm³/mol. The van der Waals surface area contributed by atoms with Gasteiger partial charge in [-0.05, 0) is 13.3 Å². The highest BCUT2D eigenvalue weighted by molar-refractivity contribution is 6.29. The molecule has 1 atom stereocenters. The van der Waals surface area contributed by atoms with Gasteiger partial charge in [0.15, 0.2) is 5.82 Å². The lowest BCUT2D eigenvalue weighted by molar-refractivity contribution is 0.201. The average Bonchev–Trinajstić information content (AvgIpc) is 2.39. The maximum Gasteiger partial charge on any atom is 0.218 e. The van der Waals surface area contributed by atoms with Crippen molar-refractivity contribution in [2.45, 2.75) is 32.8 Å². The van der Waals surface area contributed by atoms with Gasteiger partial charge in [-0.3, -0.25) is 0 Å². The molecule has 100 valence electrons. The largest absolute Gasteiger partial charge is 0.475 e. The van der Waals surface area contributed by atoms with Gasteiger partial charge in [0, 0.05) is 11.6 Å². The number of nitrogens with zero attached hydrogens (tertiary/aromatic N) is 2. The van der Waals surface area contributed by atoms with Crippen LogP contribution in [0.3, 0.4) is 0 Å². The highest BCUT2D eigenvalue weighted by Gasteiger charge is 2.09. The Kier molecular flexibility index (Phi) is 4.74. The molecule has 19 heavy (non-hydrogen) atoms. The molecule has 2 aromatic rings. The first-order valence-corrected chi connectivity index (χ1v) is 6.83. The summed E-state index contributed by atoms with van der Waals surface area (Å²) in [6.07, 6.45) is 2.19. The molecule has 0 amide bonds. The van der Waals surface area contributed by atoms with Crippen molar-refractivity contribution < 1.29 is 4.74 Å². The molecule has 0 radical (unpaired) electrons. The fraction of sp³-hybridized carbons (Fsp3) is 0.333. The Morgan fingerprint density at radius 2 is 1.95 bits per heavy atom. The zero-order chi connectivity index (χ0) is 13.7. The number of rotatable bonds is 5. The summed E-state index contributed by atoms with van der Waals surface area (Å²) in [5.74, 6) is 1.12. The van der Waals surface area contributed by atoms with E-state index in [-0.39, 0.29) is 6.10 Å². The molecule has 1 heterocycles. The van der Waals surface area contributed by atoms with Crippen LogP contribution in [0, 0.1) is 0 Å². The molecule has 1 aromatic carbocycles. The fourth-order valence-electron chi connectivity index (χ4n) is 1.85. The van der Waals surface area contributed by atoms with E-state index in [2.05, 4.69) is 16.9 Å². The van der Waals surface area contributed by atoms with Crippen molar-refractivity contribution in [2.75, 3.05) is 0 Å². The first kappa shape index (κ1) is 13.8. The lowest BCUT2D eigenvalue weighted by Crippen LogP contribution is -2.12. The molecule has 0 aliphatic heterocycles. The summed E-state index contributed by atoms with van der Waals surface area (Å²) in [7, 11) is 0. The van der Waals surface area contributed by atoms with E-state index in [9.17, 15) is 0 Å². The van der Waals surface area contributed by atoms with E-state index in [1.54, 1.807) is 6.07 Å². The number of ether oxygens (including phenoxy) is 1. The highest BCUT2D eigenvalue weighted by Crippen LogP contribution is 2.22. The van der Waals surface area contributed by atoms with E-state index in [1.807, 2.05) is 37.3 Å². The van der Waals surface area contributed by atoms with Crippen molar-refractivity contribution in [2.24, 2.45) is 0 Å². The normalized spacial score (nSPS) is 12.2. The van der Waals surface area contributed by atoms with Crippen molar-refractivity contribution >= 4 is 11.6 Å². The van der Waals surface area contributed by atoms with E-state index >= 15 is 0 Å². The lowest BCUT2D eigenvalue weighted by Gasteiger charge is -2.13. The zero-order valence-corrected chi connectivity index (χ0v) is 11.9. The fourth-order valence-corrected chi connectivity index (χ4v) is 2.02. The van der Waals surface area contributed by atoms with Crippen LogP contribution in [0.1, 0.15) is 26.7 Å². The van der Waals surface area contributed by atoms with E-state index in [0.29, 0.717) is 16.9 Å². The minimum Gasteiger partial charge on any atom is -0.475 e. The molecule has 0 N–H and O–H groups in total. The summed E-state index contributed by atoms with van der Waals surface area (Å²) in [5.41, 5.74) is 0.929. The first-order chi connectivity index (χ1) is 9.19. The second kappa shape index (κ2) is 6.53. The Bertz CT molecular complexity index is 531. The number of halogens is 1. The quantitative estimate of drug-likeness (QED) is 0.761. The number of benzene rings is 1. The van der Waals surface area contributed by atoms with Crippen LogP contribution < -0.4 is 4.74 Å². The maximum atomic E-state index is 6.03. The van der Waals surface area contributed by atoms with Crippen LogP contribution in [-0.4, -0.2) is 16.1 Å². The van der Waals surface area contributed by atoms with Crippen LogP contribution in [0.25, 0.3) is 11.4 Å². The molecule has 0 aliphatic carbocycles. The molecule has 0 fully saturated rings. The molecule has 1 aromatic heterocycles. The van der Waals surface area contributed by atoms with Crippen LogP contribution in [0.15, 0.2) is 36.4 Å². The second-order valence-corrected chi connectivity index (χ2v) is 4.82. The molecule has 0 spiro atoms. The van der Waals surface area contributed by atoms with Gasteiger partial charge in [-0.2, -0.15) is 4.98 Å². The van der Waals surface area contributed by atoms with Crippen LogP contribution in [0.2, 0.25) is 5.15 Å². The number of aromatic nitrogens is 2. The van der Waals surface area contributed by atoms with E-state index in [1.165, 1.54) is 0 Å². The minimum atomic E-state index is 0.125. The predicted octanol–water partition coefficient (Wildman–Crippen LogP) is 4.36. The molecule has 0 bridgehead atoms. The average molecular weight is 277 g/mol. The number of hydrogen-bond donors (Lipinski definition) is 0. The number of hydrogen-bond acceptors (Lipinski definition) is 3. The second-order valence-electron chi connectivity index (χ2n) is 4.44. The summed E-state index contributed by atoms with van der Waals surface area (Å²) in [6, 6.07) is 11.4. The van der Waals surface area contributed by atoms with Gasteiger partial charge in [0.25, 0.3) is 0 Å². The van der Waals surface area contributed by atoms with Crippen molar-refractivity contribution in [3.8, 4) is 17.3 Å². The first-order valence-electron chi connectivity index (χ1n) is 6.45. The summed E-state index contributed by atoms with van der Waals surface area (Å²) in [5, 5.41) is 0.396. The Morgan fingerprint density at radius 1 is 1.21 bits per heavy atom. The standard InChI is InChI=1S/C15H17ClN2O/c1-3-7-11(2)19-14-10-13(16)17-15(18-14)12-8-5-4-6-9-12/h4-6,8-11H,3,7H2,1-2H3. The molecule has 0 saturated heterocycles. The molecular weight excluding hydrogens is 260 g/mol. The molecule has 1 unspecified atom stereocenters. The van der Waals surface area contributed by atoms with Crippen LogP contribution >= 0.6 is 11.6 Å². The van der Waals surface area contributed by atoms with Crippen molar-refractivity contribution in [1.82, 2.24) is 9.97 Å². The third-order valence-corrected chi connectivity index (χ3v) is 2.91. The maximum absolute atomic E-state index is 6.03. The van der Waals surface area contributed by atoms with Gasteiger partial charge in [0.1, 0.15) is 5.15 Å². The van der Waals surface area contributed by atoms with Crippen molar-refractivity contribution in [3.63, 3.8) is 0 Å². The lowest BCUT2D eigenvalue weighted by atomic mass is 10.2. The summed E-state index contributed by atoms with van der Waals surface area (Å²) in [4.78, 5) is 8.64. The van der Waals surface area contributed by atoms with Gasteiger partial charge in [-0.25, -0.2) is 4.98 Å². The SMILES string of the molecule is CCCC(C)Oc1cc(Cl)nc(-c2ccccc2)n1.